The highest BCUT2D eigenvalue weighted by Gasteiger charge is 2.40. The molecule has 0 bridgehead atoms. The second-order valence-corrected chi connectivity index (χ2v) is 6.02. The molecule has 0 spiro atoms. The zero-order chi connectivity index (χ0) is 20.6. The van der Waals surface area contributed by atoms with E-state index >= 15 is 0 Å². The Bertz CT molecular complexity index is 631. The van der Waals surface area contributed by atoms with Crippen LogP contribution in [0.4, 0.5) is 0 Å². The van der Waals surface area contributed by atoms with Crippen molar-refractivity contribution < 1.29 is 67.6 Å². The average molecular weight is 390 g/mol. The van der Waals surface area contributed by atoms with E-state index in [2.05, 4.69) is 0 Å². The molecule has 0 aliphatic carbocycles. The molecule has 0 saturated carbocycles. The average Bonchev–Trinajstić information content (AvgIpc) is 2.32. The summed E-state index contributed by atoms with van der Waals surface area (Å²) in [5.74, 6) is -8.52. The predicted octanol–water partition coefficient (Wildman–Crippen LogP) is -2.45. The zero-order valence-corrected chi connectivity index (χ0v) is 12.9. The Labute approximate surface area is 138 Å². The molecule has 25 heavy (non-hydrogen) atoms. The molecule has 15 heteroatoms. The number of hydrogen-bond acceptors (Lipinski definition) is 8. The molecule has 0 aliphatic heterocycles. The smallest absolute Gasteiger partial charge is 0.336 e. The lowest BCUT2D eigenvalue weighted by Gasteiger charge is -2.18. The SMILES string of the molecule is O=C(O)CC(C(=O)O)S(=O)(=O)O.O=C(O)CC(O)(CC(=O)O)C(=O)O. The molecule has 0 aromatic carbocycles. The Balaban J connectivity index is 0. The van der Waals surface area contributed by atoms with Crippen LogP contribution in [0, 0.1) is 0 Å². The highest BCUT2D eigenvalue weighted by molar-refractivity contribution is 7.87. The van der Waals surface area contributed by atoms with Crippen molar-refractivity contribution in [3.05, 3.63) is 0 Å². The van der Waals surface area contributed by atoms with E-state index in [1.807, 2.05) is 0 Å². The Morgan fingerprint density at radius 2 is 1.16 bits per heavy atom. The fraction of sp³-hybridized carbons (Fsp3) is 0.500. The van der Waals surface area contributed by atoms with Gasteiger partial charge in [-0.3, -0.25) is 23.7 Å². The highest BCUT2D eigenvalue weighted by atomic mass is 32.2. The van der Waals surface area contributed by atoms with Crippen LogP contribution in [0.1, 0.15) is 19.3 Å². The van der Waals surface area contributed by atoms with Crippen LogP contribution in [0.25, 0.3) is 0 Å². The molecule has 0 aromatic rings. The molecule has 14 nitrogen and oxygen atoms in total. The molecular formula is C10H14O14S. The molecule has 144 valence electrons. The van der Waals surface area contributed by atoms with Crippen LogP contribution in [-0.4, -0.2) is 84.3 Å². The number of carboxylic acids is 5. The van der Waals surface area contributed by atoms with Crippen molar-refractivity contribution in [3.63, 3.8) is 0 Å². The number of rotatable bonds is 9. The number of hydrogen-bond donors (Lipinski definition) is 7. The monoisotopic (exact) mass is 390 g/mol. The molecule has 0 fully saturated rings. The first-order chi connectivity index (χ1) is 11.0. The van der Waals surface area contributed by atoms with Crippen molar-refractivity contribution in [2.75, 3.05) is 0 Å². The number of aliphatic carboxylic acids is 5. The summed E-state index contributed by atoms with van der Waals surface area (Å²) in [7, 11) is -4.84. The Hall–Kier alpha value is -2.78. The number of carbonyl (C=O) groups is 5. The first-order valence-corrected chi connectivity index (χ1v) is 7.33. The fourth-order valence-electron chi connectivity index (χ4n) is 1.19. The molecule has 1 atom stereocenters. The predicted molar refractivity (Wildman–Crippen MR) is 72.3 cm³/mol. The first kappa shape index (κ1) is 24.5. The molecule has 0 heterocycles. The maximum atomic E-state index is 10.3. The van der Waals surface area contributed by atoms with E-state index in [0.29, 0.717) is 0 Å². The first-order valence-electron chi connectivity index (χ1n) is 5.83. The van der Waals surface area contributed by atoms with Crippen LogP contribution < -0.4 is 0 Å². The molecular weight excluding hydrogens is 376 g/mol. The van der Waals surface area contributed by atoms with Crippen LogP contribution >= 0.6 is 0 Å². The summed E-state index contributed by atoms with van der Waals surface area (Å²) in [6.45, 7) is 0. The van der Waals surface area contributed by atoms with Crippen molar-refractivity contribution in [1.82, 2.24) is 0 Å². The maximum Gasteiger partial charge on any atom is 0.336 e. The molecule has 0 amide bonds. The van der Waals surface area contributed by atoms with Crippen LogP contribution in [-0.2, 0) is 34.1 Å². The van der Waals surface area contributed by atoms with E-state index in [1.54, 1.807) is 0 Å². The molecule has 0 aromatic heterocycles. The van der Waals surface area contributed by atoms with Crippen LogP contribution in [0.5, 0.6) is 0 Å². The number of aliphatic hydroxyl groups is 1. The quantitative estimate of drug-likeness (QED) is 0.202. The second-order valence-electron chi connectivity index (χ2n) is 4.42. The van der Waals surface area contributed by atoms with Gasteiger partial charge in [0.25, 0.3) is 10.1 Å². The third-order valence-corrected chi connectivity index (χ3v) is 3.37. The van der Waals surface area contributed by atoms with Crippen LogP contribution in [0.2, 0.25) is 0 Å². The van der Waals surface area contributed by atoms with Gasteiger partial charge in [0.05, 0.1) is 19.3 Å². The summed E-state index contributed by atoms with van der Waals surface area (Å²) in [5.41, 5.74) is -2.74. The Morgan fingerprint density at radius 1 is 0.800 bits per heavy atom. The van der Waals surface area contributed by atoms with E-state index in [0.717, 1.165) is 0 Å². The molecule has 0 aliphatic rings. The summed E-state index contributed by atoms with van der Waals surface area (Å²) in [5, 5.41) is 47.7. The van der Waals surface area contributed by atoms with Gasteiger partial charge in [-0.2, -0.15) is 8.42 Å². The van der Waals surface area contributed by atoms with Gasteiger partial charge in [0, 0.05) is 0 Å². The highest BCUT2D eigenvalue weighted by Crippen LogP contribution is 2.15. The summed E-state index contributed by atoms with van der Waals surface area (Å²) in [6, 6.07) is 0. The molecule has 1 unspecified atom stereocenters. The lowest BCUT2D eigenvalue weighted by atomic mass is 9.96. The molecule has 0 radical (unpaired) electrons. The molecule has 0 saturated heterocycles. The van der Waals surface area contributed by atoms with Crippen molar-refractivity contribution in [2.45, 2.75) is 30.1 Å². The standard InChI is InChI=1S/C6H8O7.C4H6O7S/c7-3(8)1-6(13,5(11)12)2-4(9)10;5-3(6)1-2(4(7)8)12(9,10)11/h13H,1-2H2,(H,7,8)(H,9,10)(H,11,12);2H,1H2,(H,5,6)(H,7,8)(H,9,10,11). The summed E-state index contributed by atoms with van der Waals surface area (Å²) in [6.07, 6.45) is -3.45. The molecule has 7 N–H and O–H groups in total. The van der Waals surface area contributed by atoms with Gasteiger partial charge in [-0.25, -0.2) is 4.79 Å². The Morgan fingerprint density at radius 3 is 1.28 bits per heavy atom. The molecule has 0 rings (SSSR count). The van der Waals surface area contributed by atoms with Gasteiger partial charge in [0.2, 0.25) is 0 Å². The van der Waals surface area contributed by atoms with Gasteiger partial charge in [-0.05, 0) is 0 Å². The third-order valence-electron chi connectivity index (χ3n) is 2.28. The maximum absolute atomic E-state index is 10.3. The van der Waals surface area contributed by atoms with Gasteiger partial charge in [0.1, 0.15) is 0 Å². The van der Waals surface area contributed by atoms with Crippen molar-refractivity contribution in [1.29, 1.82) is 0 Å². The second kappa shape index (κ2) is 9.50. The Kier molecular flexibility index (Phi) is 9.30. The van der Waals surface area contributed by atoms with E-state index < -0.39 is 70.1 Å². The van der Waals surface area contributed by atoms with Gasteiger partial charge >= 0.3 is 29.8 Å². The van der Waals surface area contributed by atoms with Gasteiger partial charge in [0.15, 0.2) is 10.9 Å². The van der Waals surface area contributed by atoms with Crippen molar-refractivity contribution in [2.24, 2.45) is 0 Å². The lowest BCUT2D eigenvalue weighted by Crippen LogP contribution is -2.42. The fourth-order valence-corrected chi connectivity index (χ4v) is 1.80. The number of carboxylic acid groups (broad SMARTS) is 5. The normalized spacial score (nSPS) is 12.2. The minimum Gasteiger partial charge on any atom is -0.481 e. The largest absolute Gasteiger partial charge is 0.481 e. The van der Waals surface area contributed by atoms with Crippen LogP contribution in [0.15, 0.2) is 0 Å². The van der Waals surface area contributed by atoms with Crippen molar-refractivity contribution in [3.8, 4) is 0 Å². The van der Waals surface area contributed by atoms with Gasteiger partial charge in [-0.1, -0.05) is 0 Å². The minimum atomic E-state index is -4.84. The van der Waals surface area contributed by atoms with E-state index in [9.17, 15) is 32.4 Å². The summed E-state index contributed by atoms with van der Waals surface area (Å²) < 4.78 is 28.7. The lowest BCUT2D eigenvalue weighted by molar-refractivity contribution is -0.170. The third kappa shape index (κ3) is 10.6. The summed E-state index contributed by atoms with van der Waals surface area (Å²) in [4.78, 5) is 50.5. The summed E-state index contributed by atoms with van der Waals surface area (Å²) >= 11 is 0. The van der Waals surface area contributed by atoms with Gasteiger partial charge < -0.3 is 30.6 Å². The van der Waals surface area contributed by atoms with E-state index in [-0.39, 0.29) is 0 Å². The van der Waals surface area contributed by atoms with Crippen LogP contribution in [0.3, 0.4) is 0 Å². The van der Waals surface area contributed by atoms with Gasteiger partial charge in [-0.15, -0.1) is 0 Å². The van der Waals surface area contributed by atoms with E-state index in [4.69, 9.17) is 35.2 Å². The topological polar surface area (TPSA) is 261 Å². The zero-order valence-electron chi connectivity index (χ0n) is 12.1. The minimum absolute atomic E-state index is 1.14. The van der Waals surface area contributed by atoms with E-state index in [1.165, 1.54) is 0 Å². The van der Waals surface area contributed by atoms with Crippen molar-refractivity contribution >= 4 is 40.0 Å².